The highest BCUT2D eigenvalue weighted by Gasteiger charge is 2.13. The van der Waals surface area contributed by atoms with Crippen LogP contribution in [-0.2, 0) is 38.2 Å². The number of hydrogen-bond acceptors (Lipinski definition) is 4. The Balaban J connectivity index is 1.57. The van der Waals surface area contributed by atoms with E-state index in [0.717, 1.165) is 23.0 Å². The number of carbonyl (C=O) groups excluding carboxylic acids is 1. The van der Waals surface area contributed by atoms with Gasteiger partial charge >= 0.3 is 5.69 Å². The fraction of sp³-hybridized carbons (Fsp3) is 0.333. The Morgan fingerprint density at radius 2 is 1.82 bits per heavy atom. The molecule has 0 saturated heterocycles. The van der Waals surface area contributed by atoms with E-state index in [1.807, 2.05) is 6.07 Å². The second-order valence-electron chi connectivity index (χ2n) is 7.34. The summed E-state index contributed by atoms with van der Waals surface area (Å²) in [4.78, 5) is 41.0. The first-order valence-corrected chi connectivity index (χ1v) is 9.40. The van der Waals surface area contributed by atoms with E-state index in [2.05, 4.69) is 22.4 Å². The third-order valence-corrected chi connectivity index (χ3v) is 5.35. The second kappa shape index (κ2) is 7.07. The third kappa shape index (κ3) is 3.24. The molecule has 1 aromatic carbocycles. The molecule has 0 fully saturated rings. The highest BCUT2D eigenvalue weighted by Crippen LogP contribution is 2.22. The van der Waals surface area contributed by atoms with E-state index >= 15 is 0 Å². The van der Waals surface area contributed by atoms with Gasteiger partial charge in [0.1, 0.15) is 5.65 Å². The van der Waals surface area contributed by atoms with Gasteiger partial charge in [-0.15, -0.1) is 0 Å². The summed E-state index contributed by atoms with van der Waals surface area (Å²) in [5.41, 5.74) is 3.56. The molecule has 2 aromatic heterocycles. The average Bonchev–Trinajstić information content (AvgIpc) is 2.70. The quantitative estimate of drug-likeness (QED) is 0.752. The van der Waals surface area contributed by atoms with Crippen molar-refractivity contribution in [3.8, 4) is 0 Å². The number of nitrogens with one attached hydrogen (secondary N) is 1. The monoisotopic (exact) mass is 378 g/mol. The highest BCUT2D eigenvalue weighted by molar-refractivity contribution is 5.93. The largest absolute Gasteiger partial charge is 0.332 e. The van der Waals surface area contributed by atoms with E-state index in [1.54, 1.807) is 13.1 Å². The van der Waals surface area contributed by atoms with E-state index in [1.165, 1.54) is 41.8 Å². The molecule has 0 spiro atoms. The third-order valence-electron chi connectivity index (χ3n) is 5.35. The minimum atomic E-state index is -0.436. The number of benzene rings is 1. The van der Waals surface area contributed by atoms with Gasteiger partial charge in [-0.1, -0.05) is 18.2 Å². The molecule has 7 nitrogen and oxygen atoms in total. The molecule has 144 valence electrons. The van der Waals surface area contributed by atoms with Gasteiger partial charge in [0.2, 0.25) is 5.91 Å². The summed E-state index contributed by atoms with van der Waals surface area (Å²) in [7, 11) is 2.98. The fourth-order valence-electron chi connectivity index (χ4n) is 3.82. The minimum absolute atomic E-state index is 0.168. The van der Waals surface area contributed by atoms with Crippen molar-refractivity contribution in [2.24, 2.45) is 14.1 Å². The fourth-order valence-corrected chi connectivity index (χ4v) is 3.82. The van der Waals surface area contributed by atoms with Crippen molar-refractivity contribution in [1.29, 1.82) is 0 Å². The molecular weight excluding hydrogens is 356 g/mol. The molecule has 0 aliphatic heterocycles. The number of amides is 1. The van der Waals surface area contributed by atoms with Gasteiger partial charge in [0.25, 0.3) is 5.56 Å². The van der Waals surface area contributed by atoms with Crippen LogP contribution in [0.2, 0.25) is 0 Å². The van der Waals surface area contributed by atoms with Crippen LogP contribution in [0.25, 0.3) is 11.0 Å². The Labute approximate surface area is 161 Å². The van der Waals surface area contributed by atoms with Crippen molar-refractivity contribution < 1.29 is 4.79 Å². The maximum Gasteiger partial charge on any atom is 0.332 e. The maximum atomic E-state index is 12.5. The van der Waals surface area contributed by atoms with Gasteiger partial charge in [0, 0.05) is 14.1 Å². The molecule has 1 aliphatic carbocycles. The van der Waals surface area contributed by atoms with Gasteiger partial charge in [0.05, 0.1) is 23.7 Å². The van der Waals surface area contributed by atoms with Crippen LogP contribution >= 0.6 is 0 Å². The summed E-state index contributed by atoms with van der Waals surface area (Å²) < 4.78 is 2.35. The minimum Gasteiger partial charge on any atom is -0.324 e. The average molecular weight is 378 g/mol. The number of pyridine rings is 1. The van der Waals surface area contributed by atoms with Gasteiger partial charge in [-0.25, -0.2) is 9.78 Å². The molecule has 0 radical (unpaired) electrons. The number of hydrogen-bond donors (Lipinski definition) is 1. The topological polar surface area (TPSA) is 86.0 Å². The molecule has 1 aliphatic rings. The molecule has 28 heavy (non-hydrogen) atoms. The normalized spacial score (nSPS) is 13.4. The lowest BCUT2D eigenvalue weighted by Crippen LogP contribution is -2.37. The molecule has 3 aromatic rings. The van der Waals surface area contributed by atoms with Crippen LogP contribution in [0, 0.1) is 0 Å². The van der Waals surface area contributed by atoms with Gasteiger partial charge in [-0.3, -0.25) is 18.7 Å². The summed E-state index contributed by atoms with van der Waals surface area (Å²) in [6.07, 6.45) is 6.34. The van der Waals surface area contributed by atoms with Crippen molar-refractivity contribution in [2.75, 3.05) is 5.32 Å². The number of carbonyl (C=O) groups is 1. The van der Waals surface area contributed by atoms with E-state index in [0.29, 0.717) is 11.3 Å². The van der Waals surface area contributed by atoms with Crippen LogP contribution < -0.4 is 16.6 Å². The molecule has 2 heterocycles. The number of fused-ring (bicyclic) bond motifs is 2. The van der Waals surface area contributed by atoms with Gasteiger partial charge in [-0.05, 0) is 48.4 Å². The molecule has 1 amide bonds. The maximum absolute atomic E-state index is 12.5. The molecule has 0 saturated carbocycles. The lowest BCUT2D eigenvalue weighted by molar-refractivity contribution is -0.115. The molecule has 7 heteroatoms. The molecule has 0 bridgehead atoms. The molecule has 1 N–H and O–H groups in total. The Morgan fingerprint density at radius 1 is 1.07 bits per heavy atom. The van der Waals surface area contributed by atoms with Crippen molar-refractivity contribution in [3.63, 3.8) is 0 Å². The molecule has 0 unspecified atom stereocenters. The number of anilines is 1. The summed E-state index contributed by atoms with van der Waals surface area (Å²) in [6.45, 7) is 0. The van der Waals surface area contributed by atoms with E-state index in [-0.39, 0.29) is 17.7 Å². The second-order valence-corrected chi connectivity index (χ2v) is 7.34. The zero-order valence-corrected chi connectivity index (χ0v) is 16.0. The standard InChI is InChI=1S/C21H22N4O3/c1-24-19-17(20(27)25(2)21(24)28)11-16(12-22-19)23-18(26)10-13-7-8-14-5-3-4-6-15(14)9-13/h7-9,11-12H,3-6,10H2,1-2H3,(H,23,26). The van der Waals surface area contributed by atoms with Crippen molar-refractivity contribution in [2.45, 2.75) is 32.1 Å². The van der Waals surface area contributed by atoms with Crippen molar-refractivity contribution in [3.05, 3.63) is 68.0 Å². The van der Waals surface area contributed by atoms with Gasteiger partial charge in [-0.2, -0.15) is 0 Å². The number of rotatable bonds is 3. The zero-order chi connectivity index (χ0) is 19.8. The first kappa shape index (κ1) is 18.2. The van der Waals surface area contributed by atoms with Crippen LogP contribution in [-0.4, -0.2) is 20.0 Å². The predicted molar refractivity (Wildman–Crippen MR) is 108 cm³/mol. The molecular formula is C21H22N4O3. The highest BCUT2D eigenvalue weighted by atomic mass is 16.2. The van der Waals surface area contributed by atoms with Crippen molar-refractivity contribution >= 4 is 22.6 Å². The summed E-state index contributed by atoms with van der Waals surface area (Å²) >= 11 is 0. The first-order valence-electron chi connectivity index (χ1n) is 9.40. The number of nitrogens with zero attached hydrogens (tertiary/aromatic N) is 3. The molecule has 0 atom stereocenters. The summed E-state index contributed by atoms with van der Waals surface area (Å²) in [5.74, 6) is -0.168. The Hall–Kier alpha value is -3.22. The smallest absolute Gasteiger partial charge is 0.324 e. The van der Waals surface area contributed by atoms with Crippen LogP contribution in [0.3, 0.4) is 0 Å². The summed E-state index contributed by atoms with van der Waals surface area (Å²) in [5, 5.41) is 3.09. The van der Waals surface area contributed by atoms with Crippen LogP contribution in [0.4, 0.5) is 5.69 Å². The van der Waals surface area contributed by atoms with Gasteiger partial charge < -0.3 is 5.32 Å². The van der Waals surface area contributed by atoms with E-state index < -0.39 is 11.2 Å². The SMILES string of the molecule is Cn1c(=O)c2cc(NC(=O)Cc3ccc4c(c3)CCCC4)cnc2n(C)c1=O. The zero-order valence-electron chi connectivity index (χ0n) is 16.0. The Morgan fingerprint density at radius 3 is 2.61 bits per heavy atom. The van der Waals surface area contributed by atoms with Crippen LogP contribution in [0.15, 0.2) is 40.1 Å². The van der Waals surface area contributed by atoms with Crippen LogP contribution in [0.5, 0.6) is 0 Å². The van der Waals surface area contributed by atoms with Crippen LogP contribution in [0.1, 0.15) is 29.5 Å². The Bertz CT molecular complexity index is 1210. The number of aryl methyl sites for hydroxylation is 3. The number of aromatic nitrogens is 3. The Kier molecular flexibility index (Phi) is 4.58. The lowest BCUT2D eigenvalue weighted by atomic mass is 9.90. The van der Waals surface area contributed by atoms with Gasteiger partial charge in [0.15, 0.2) is 0 Å². The lowest BCUT2D eigenvalue weighted by Gasteiger charge is -2.16. The summed E-state index contributed by atoms with van der Waals surface area (Å²) in [6, 6.07) is 7.82. The molecule has 4 rings (SSSR count). The van der Waals surface area contributed by atoms with Crippen molar-refractivity contribution in [1.82, 2.24) is 14.1 Å². The van der Waals surface area contributed by atoms with E-state index in [9.17, 15) is 14.4 Å². The van der Waals surface area contributed by atoms with E-state index in [4.69, 9.17) is 0 Å². The predicted octanol–water partition coefficient (Wildman–Crippen LogP) is 1.69. The first-order chi connectivity index (χ1) is 13.4.